The second kappa shape index (κ2) is 5.83. The van der Waals surface area contributed by atoms with Crippen LogP contribution in [0.1, 0.15) is 24.5 Å². The van der Waals surface area contributed by atoms with Gasteiger partial charge in [-0.3, -0.25) is 0 Å². The summed E-state index contributed by atoms with van der Waals surface area (Å²) in [7, 11) is 0. The molecule has 0 spiro atoms. The third-order valence-electron chi connectivity index (χ3n) is 2.69. The Morgan fingerprint density at radius 2 is 2.11 bits per heavy atom. The van der Waals surface area contributed by atoms with Crippen molar-refractivity contribution in [3.63, 3.8) is 0 Å². The maximum Gasteiger partial charge on any atom is 0.131 e. The van der Waals surface area contributed by atoms with Crippen LogP contribution in [-0.4, -0.2) is 4.98 Å². The van der Waals surface area contributed by atoms with E-state index >= 15 is 0 Å². The Bertz CT molecular complexity index is 570. The van der Waals surface area contributed by atoms with Crippen LogP contribution >= 0.6 is 0 Å². The number of nitriles is 1. The summed E-state index contributed by atoms with van der Waals surface area (Å²) in [5, 5.41) is 12.1. The van der Waals surface area contributed by atoms with Crippen LogP contribution < -0.4 is 5.32 Å². The zero-order valence-electron chi connectivity index (χ0n) is 10.4. The van der Waals surface area contributed by atoms with E-state index in [1.54, 1.807) is 18.3 Å². The van der Waals surface area contributed by atoms with Gasteiger partial charge in [0, 0.05) is 11.9 Å². The highest BCUT2D eigenvalue weighted by Crippen LogP contribution is 2.21. The van der Waals surface area contributed by atoms with Crippen molar-refractivity contribution in [2.75, 3.05) is 5.32 Å². The summed E-state index contributed by atoms with van der Waals surface area (Å²) in [6.45, 7) is 2.16. The van der Waals surface area contributed by atoms with Crippen molar-refractivity contribution >= 4 is 11.5 Å². The first-order valence-corrected chi connectivity index (χ1v) is 6.04. The molecule has 0 fully saturated rings. The molecule has 3 nitrogen and oxygen atoms in total. The number of benzene rings is 1. The van der Waals surface area contributed by atoms with E-state index < -0.39 is 0 Å². The van der Waals surface area contributed by atoms with Gasteiger partial charge in [-0.15, -0.1) is 0 Å². The van der Waals surface area contributed by atoms with E-state index in [4.69, 9.17) is 5.26 Å². The van der Waals surface area contributed by atoms with Crippen LogP contribution in [0.25, 0.3) is 0 Å². The largest absolute Gasteiger partial charge is 0.340 e. The lowest BCUT2D eigenvalue weighted by atomic mass is 10.1. The molecule has 90 valence electrons. The van der Waals surface area contributed by atoms with Gasteiger partial charge in [-0.2, -0.15) is 5.26 Å². The van der Waals surface area contributed by atoms with Crippen molar-refractivity contribution < 1.29 is 0 Å². The highest BCUT2D eigenvalue weighted by molar-refractivity contribution is 5.61. The highest BCUT2D eigenvalue weighted by Gasteiger charge is 2.02. The topological polar surface area (TPSA) is 48.7 Å². The SMILES string of the molecule is CCCc1ccccc1Nc1cc(C#N)ccn1. The second-order valence-electron chi connectivity index (χ2n) is 4.07. The maximum absolute atomic E-state index is 8.86. The van der Waals surface area contributed by atoms with Crippen LogP contribution in [0.3, 0.4) is 0 Å². The first-order chi connectivity index (χ1) is 8.83. The summed E-state index contributed by atoms with van der Waals surface area (Å²) in [4.78, 5) is 4.22. The molecule has 1 aromatic heterocycles. The Morgan fingerprint density at radius 1 is 1.28 bits per heavy atom. The molecule has 2 aromatic rings. The van der Waals surface area contributed by atoms with Gasteiger partial charge in [0.2, 0.25) is 0 Å². The van der Waals surface area contributed by atoms with Gasteiger partial charge in [0.1, 0.15) is 5.82 Å². The average Bonchev–Trinajstić information content (AvgIpc) is 2.41. The third kappa shape index (κ3) is 2.86. The minimum Gasteiger partial charge on any atom is -0.340 e. The van der Waals surface area contributed by atoms with Crippen molar-refractivity contribution in [3.05, 3.63) is 53.7 Å². The van der Waals surface area contributed by atoms with Crippen LogP contribution in [0.2, 0.25) is 0 Å². The molecule has 1 N–H and O–H groups in total. The molecule has 0 bridgehead atoms. The number of hydrogen-bond donors (Lipinski definition) is 1. The van der Waals surface area contributed by atoms with Gasteiger partial charge < -0.3 is 5.32 Å². The third-order valence-corrected chi connectivity index (χ3v) is 2.69. The van der Waals surface area contributed by atoms with Crippen molar-refractivity contribution in [1.29, 1.82) is 5.26 Å². The van der Waals surface area contributed by atoms with Gasteiger partial charge in [-0.25, -0.2) is 4.98 Å². The van der Waals surface area contributed by atoms with Crippen LogP contribution in [0.15, 0.2) is 42.6 Å². The van der Waals surface area contributed by atoms with Crippen LogP contribution in [0.5, 0.6) is 0 Å². The first kappa shape index (κ1) is 12.1. The normalized spacial score (nSPS) is 9.78. The number of pyridine rings is 1. The number of nitrogens with one attached hydrogen (secondary N) is 1. The van der Waals surface area contributed by atoms with Gasteiger partial charge in [-0.1, -0.05) is 31.5 Å². The minimum absolute atomic E-state index is 0.612. The zero-order chi connectivity index (χ0) is 12.8. The summed E-state index contributed by atoms with van der Waals surface area (Å²) in [5.41, 5.74) is 2.94. The summed E-state index contributed by atoms with van der Waals surface area (Å²) in [5.74, 6) is 0.706. The van der Waals surface area contributed by atoms with Gasteiger partial charge in [0.05, 0.1) is 11.6 Å². The molecule has 0 aliphatic heterocycles. The molecule has 0 aliphatic carbocycles. The summed E-state index contributed by atoms with van der Waals surface area (Å²) in [6, 6.07) is 13.7. The van der Waals surface area contributed by atoms with Gasteiger partial charge in [0.15, 0.2) is 0 Å². The number of nitrogens with zero attached hydrogens (tertiary/aromatic N) is 2. The van der Waals surface area contributed by atoms with Crippen LogP contribution in [0.4, 0.5) is 11.5 Å². The number of hydrogen-bond acceptors (Lipinski definition) is 3. The summed E-state index contributed by atoms with van der Waals surface area (Å²) < 4.78 is 0. The standard InChI is InChI=1S/C15H15N3/c1-2-5-13-6-3-4-7-14(13)18-15-10-12(11-16)8-9-17-15/h3-4,6-10H,2,5H2,1H3,(H,17,18). The lowest BCUT2D eigenvalue weighted by Crippen LogP contribution is -1.98. The predicted octanol–water partition coefficient (Wildman–Crippen LogP) is 3.65. The Balaban J connectivity index is 2.25. The van der Waals surface area contributed by atoms with Crippen LogP contribution in [0, 0.1) is 11.3 Å². The lowest BCUT2D eigenvalue weighted by molar-refractivity contribution is 0.923. The first-order valence-electron chi connectivity index (χ1n) is 6.04. The molecule has 0 aliphatic rings. The molecule has 0 saturated heterocycles. The van der Waals surface area contributed by atoms with E-state index in [2.05, 4.69) is 29.4 Å². The predicted molar refractivity (Wildman–Crippen MR) is 72.7 cm³/mol. The summed E-state index contributed by atoms with van der Waals surface area (Å²) >= 11 is 0. The van der Waals surface area contributed by atoms with E-state index in [9.17, 15) is 0 Å². The molecule has 0 unspecified atom stereocenters. The molecule has 0 amide bonds. The number of anilines is 2. The van der Waals surface area contributed by atoms with Gasteiger partial charge in [0.25, 0.3) is 0 Å². The molecule has 3 heteroatoms. The fraction of sp³-hybridized carbons (Fsp3) is 0.200. The maximum atomic E-state index is 8.86. The Kier molecular flexibility index (Phi) is 3.93. The lowest BCUT2D eigenvalue weighted by Gasteiger charge is -2.10. The molecule has 2 rings (SSSR count). The number of para-hydroxylation sites is 1. The Hall–Kier alpha value is -2.34. The minimum atomic E-state index is 0.612. The Morgan fingerprint density at radius 3 is 2.89 bits per heavy atom. The zero-order valence-corrected chi connectivity index (χ0v) is 10.4. The molecule has 1 aromatic carbocycles. The van der Waals surface area contributed by atoms with Gasteiger partial charge >= 0.3 is 0 Å². The fourth-order valence-corrected chi connectivity index (χ4v) is 1.84. The van der Waals surface area contributed by atoms with E-state index in [1.165, 1.54) is 5.56 Å². The van der Waals surface area contributed by atoms with E-state index in [1.807, 2.05) is 18.2 Å². The highest BCUT2D eigenvalue weighted by atomic mass is 15.0. The quantitative estimate of drug-likeness (QED) is 0.883. The van der Waals surface area contributed by atoms with Crippen molar-refractivity contribution in [2.45, 2.75) is 19.8 Å². The molecule has 0 atom stereocenters. The van der Waals surface area contributed by atoms with E-state index in [0.717, 1.165) is 18.5 Å². The molecule has 0 saturated carbocycles. The van der Waals surface area contributed by atoms with Crippen molar-refractivity contribution in [3.8, 4) is 6.07 Å². The fourth-order valence-electron chi connectivity index (χ4n) is 1.84. The molecule has 0 radical (unpaired) electrons. The summed E-state index contributed by atoms with van der Waals surface area (Å²) in [6.07, 6.45) is 3.77. The molecular formula is C15H15N3. The molecule has 1 heterocycles. The van der Waals surface area contributed by atoms with E-state index in [0.29, 0.717) is 11.4 Å². The average molecular weight is 237 g/mol. The second-order valence-corrected chi connectivity index (χ2v) is 4.07. The number of aryl methyl sites for hydroxylation is 1. The monoisotopic (exact) mass is 237 g/mol. The van der Waals surface area contributed by atoms with Crippen molar-refractivity contribution in [2.24, 2.45) is 0 Å². The molecular weight excluding hydrogens is 222 g/mol. The van der Waals surface area contributed by atoms with Crippen molar-refractivity contribution in [1.82, 2.24) is 4.98 Å². The van der Waals surface area contributed by atoms with E-state index in [-0.39, 0.29) is 0 Å². The number of rotatable bonds is 4. The number of aromatic nitrogens is 1. The Labute approximate surface area is 107 Å². The van der Waals surface area contributed by atoms with Gasteiger partial charge in [-0.05, 0) is 30.2 Å². The molecule has 18 heavy (non-hydrogen) atoms. The van der Waals surface area contributed by atoms with Crippen LogP contribution in [-0.2, 0) is 6.42 Å². The smallest absolute Gasteiger partial charge is 0.131 e.